The summed E-state index contributed by atoms with van der Waals surface area (Å²) >= 11 is 0. The molecule has 2 atom stereocenters. The van der Waals surface area contributed by atoms with E-state index >= 15 is 0 Å². The van der Waals surface area contributed by atoms with Crippen LogP contribution in [0, 0.1) is 0 Å². The van der Waals surface area contributed by atoms with Crippen molar-refractivity contribution in [3.8, 4) is 22.6 Å². The number of nitrogens with zero attached hydrogens (tertiary/aromatic N) is 2. The maximum Gasteiger partial charge on any atom is 0.410 e. The fourth-order valence-corrected chi connectivity index (χ4v) is 4.26. The first-order valence-corrected chi connectivity index (χ1v) is 11.3. The highest BCUT2D eigenvalue weighted by Gasteiger charge is 2.41. The lowest BCUT2D eigenvalue weighted by atomic mass is 10.1. The van der Waals surface area contributed by atoms with E-state index in [1.807, 2.05) is 91.0 Å². The van der Waals surface area contributed by atoms with Crippen LogP contribution in [-0.4, -0.2) is 35.7 Å². The number of rotatable bonds is 6. The van der Waals surface area contributed by atoms with Crippen LogP contribution in [0.2, 0.25) is 0 Å². The highest BCUT2D eigenvalue weighted by atomic mass is 16.6. The Morgan fingerprint density at radius 1 is 0.941 bits per heavy atom. The van der Waals surface area contributed by atoms with Crippen molar-refractivity contribution in [1.82, 2.24) is 9.88 Å². The zero-order valence-electron chi connectivity index (χ0n) is 19.0. The second-order valence-electron chi connectivity index (χ2n) is 8.26. The number of amides is 1. The van der Waals surface area contributed by atoms with E-state index in [2.05, 4.69) is 0 Å². The average molecular weight is 455 g/mol. The SMILES string of the molecule is CO[C@@H]1C[C@H](c2nc(-c3ccccc3)c(-c3ccccc3)o2)N(C(=O)OCc2ccccc2)C1. The van der Waals surface area contributed by atoms with Crippen molar-refractivity contribution < 1.29 is 18.7 Å². The Kier molecular flexibility index (Phi) is 6.40. The van der Waals surface area contributed by atoms with Crippen LogP contribution in [0.1, 0.15) is 23.9 Å². The van der Waals surface area contributed by atoms with Crippen molar-refractivity contribution in [3.63, 3.8) is 0 Å². The van der Waals surface area contributed by atoms with E-state index < -0.39 is 6.09 Å². The topological polar surface area (TPSA) is 64.8 Å². The molecule has 1 saturated heterocycles. The first kappa shape index (κ1) is 21.9. The van der Waals surface area contributed by atoms with Crippen LogP contribution in [0.3, 0.4) is 0 Å². The third-order valence-corrected chi connectivity index (χ3v) is 6.05. The van der Waals surface area contributed by atoms with Crippen LogP contribution >= 0.6 is 0 Å². The molecule has 2 heterocycles. The van der Waals surface area contributed by atoms with Gasteiger partial charge in [0, 0.05) is 24.7 Å². The van der Waals surface area contributed by atoms with Crippen LogP contribution in [-0.2, 0) is 16.1 Å². The van der Waals surface area contributed by atoms with E-state index in [9.17, 15) is 4.79 Å². The molecule has 0 saturated carbocycles. The lowest BCUT2D eigenvalue weighted by Crippen LogP contribution is -2.32. The molecule has 1 amide bonds. The Hall–Kier alpha value is -3.90. The first-order valence-electron chi connectivity index (χ1n) is 11.3. The Bertz CT molecular complexity index is 1170. The molecule has 172 valence electrons. The Morgan fingerprint density at radius 3 is 2.21 bits per heavy atom. The Balaban J connectivity index is 1.47. The van der Waals surface area contributed by atoms with Gasteiger partial charge in [0.1, 0.15) is 18.3 Å². The van der Waals surface area contributed by atoms with Crippen molar-refractivity contribution in [2.24, 2.45) is 0 Å². The number of methoxy groups -OCH3 is 1. The molecule has 5 rings (SSSR count). The fraction of sp³-hybridized carbons (Fsp3) is 0.214. The molecule has 0 unspecified atom stereocenters. The molecule has 0 aliphatic carbocycles. The number of carbonyl (C=O) groups excluding carboxylic acids is 1. The fourth-order valence-electron chi connectivity index (χ4n) is 4.26. The molecule has 1 aliphatic heterocycles. The summed E-state index contributed by atoms with van der Waals surface area (Å²) in [6, 6.07) is 29.1. The molecule has 6 nitrogen and oxygen atoms in total. The van der Waals surface area contributed by atoms with Gasteiger partial charge in [-0.1, -0.05) is 91.0 Å². The minimum Gasteiger partial charge on any atom is -0.445 e. The minimum atomic E-state index is -0.408. The van der Waals surface area contributed by atoms with E-state index in [-0.39, 0.29) is 18.8 Å². The van der Waals surface area contributed by atoms with Crippen molar-refractivity contribution in [2.45, 2.75) is 25.2 Å². The number of oxazole rings is 1. The predicted molar refractivity (Wildman–Crippen MR) is 129 cm³/mol. The lowest BCUT2D eigenvalue weighted by Gasteiger charge is -2.21. The van der Waals surface area contributed by atoms with Gasteiger partial charge < -0.3 is 13.9 Å². The first-order chi connectivity index (χ1) is 16.7. The van der Waals surface area contributed by atoms with E-state index in [0.717, 1.165) is 22.4 Å². The van der Waals surface area contributed by atoms with E-state index in [0.29, 0.717) is 24.6 Å². The van der Waals surface area contributed by atoms with Crippen LogP contribution in [0.4, 0.5) is 4.79 Å². The van der Waals surface area contributed by atoms with Gasteiger partial charge in [0.25, 0.3) is 0 Å². The third-order valence-electron chi connectivity index (χ3n) is 6.05. The van der Waals surface area contributed by atoms with Crippen LogP contribution in [0.15, 0.2) is 95.4 Å². The van der Waals surface area contributed by atoms with Gasteiger partial charge in [-0.25, -0.2) is 9.78 Å². The van der Waals surface area contributed by atoms with Crippen molar-refractivity contribution in [2.75, 3.05) is 13.7 Å². The number of aromatic nitrogens is 1. The number of ether oxygens (including phenoxy) is 2. The number of likely N-dealkylation sites (tertiary alicyclic amines) is 1. The Labute approximate surface area is 198 Å². The molecular formula is C28H26N2O4. The summed E-state index contributed by atoms with van der Waals surface area (Å²) in [5, 5.41) is 0. The molecule has 1 aromatic heterocycles. The summed E-state index contributed by atoms with van der Waals surface area (Å²) in [5.74, 6) is 1.16. The second-order valence-corrected chi connectivity index (χ2v) is 8.26. The van der Waals surface area contributed by atoms with Gasteiger partial charge in [-0.2, -0.15) is 0 Å². The van der Waals surface area contributed by atoms with Gasteiger partial charge in [0.2, 0.25) is 5.89 Å². The molecule has 0 spiro atoms. The van der Waals surface area contributed by atoms with E-state index in [4.69, 9.17) is 18.9 Å². The molecule has 3 aromatic carbocycles. The largest absolute Gasteiger partial charge is 0.445 e. The number of hydrogen-bond acceptors (Lipinski definition) is 5. The molecule has 6 heteroatoms. The summed E-state index contributed by atoms with van der Waals surface area (Å²) in [5.41, 5.74) is 3.57. The highest BCUT2D eigenvalue weighted by molar-refractivity contribution is 5.77. The normalized spacial score (nSPS) is 17.6. The van der Waals surface area contributed by atoms with Crippen molar-refractivity contribution in [3.05, 3.63) is 102 Å². The number of hydrogen-bond donors (Lipinski definition) is 0. The highest BCUT2D eigenvalue weighted by Crippen LogP contribution is 2.39. The van der Waals surface area contributed by atoms with Crippen LogP contribution in [0.5, 0.6) is 0 Å². The molecule has 4 aromatic rings. The summed E-state index contributed by atoms with van der Waals surface area (Å²) in [6.07, 6.45) is 0.0514. The molecule has 1 fully saturated rings. The minimum absolute atomic E-state index is 0.124. The second kappa shape index (κ2) is 9.93. The predicted octanol–water partition coefficient (Wildman–Crippen LogP) is 6.11. The van der Waals surface area contributed by atoms with Crippen molar-refractivity contribution in [1.29, 1.82) is 0 Å². The van der Waals surface area contributed by atoms with Gasteiger partial charge in [-0.05, 0) is 5.56 Å². The third kappa shape index (κ3) is 4.58. The molecule has 1 aliphatic rings. The quantitative estimate of drug-likeness (QED) is 0.352. The average Bonchev–Trinajstić information content (AvgIpc) is 3.54. The molecule has 0 radical (unpaired) electrons. The summed E-state index contributed by atoms with van der Waals surface area (Å²) < 4.78 is 17.6. The maximum atomic E-state index is 13.1. The van der Waals surface area contributed by atoms with Gasteiger partial charge in [-0.15, -0.1) is 0 Å². The molecule has 0 N–H and O–H groups in total. The molecule has 34 heavy (non-hydrogen) atoms. The molecular weight excluding hydrogens is 428 g/mol. The van der Waals surface area contributed by atoms with Gasteiger partial charge in [-0.3, -0.25) is 4.90 Å². The van der Waals surface area contributed by atoms with Gasteiger partial charge in [0.15, 0.2) is 5.76 Å². The van der Waals surface area contributed by atoms with Crippen LogP contribution in [0.25, 0.3) is 22.6 Å². The van der Waals surface area contributed by atoms with Gasteiger partial charge >= 0.3 is 6.09 Å². The Morgan fingerprint density at radius 2 is 1.56 bits per heavy atom. The summed E-state index contributed by atoms with van der Waals surface area (Å²) in [4.78, 5) is 19.6. The molecule has 0 bridgehead atoms. The zero-order valence-corrected chi connectivity index (χ0v) is 19.0. The van der Waals surface area contributed by atoms with Crippen LogP contribution < -0.4 is 0 Å². The smallest absolute Gasteiger partial charge is 0.410 e. The number of benzene rings is 3. The van der Waals surface area contributed by atoms with Crippen molar-refractivity contribution >= 4 is 6.09 Å². The lowest BCUT2D eigenvalue weighted by molar-refractivity contribution is 0.0780. The maximum absolute atomic E-state index is 13.1. The van der Waals surface area contributed by atoms with E-state index in [1.165, 1.54) is 0 Å². The monoisotopic (exact) mass is 454 g/mol. The summed E-state index contributed by atoms with van der Waals surface area (Å²) in [7, 11) is 1.65. The van der Waals surface area contributed by atoms with E-state index in [1.54, 1.807) is 12.0 Å². The summed E-state index contributed by atoms with van der Waals surface area (Å²) in [6.45, 7) is 0.620. The zero-order chi connectivity index (χ0) is 23.3. The number of carbonyl (C=O) groups is 1. The standard InChI is InChI=1S/C28H26N2O4/c1-32-23-17-24(30(18-23)28(31)33-19-20-11-5-2-6-12-20)27-29-25(21-13-7-3-8-14-21)26(34-27)22-15-9-4-10-16-22/h2-16,23-24H,17-19H2,1H3/t23-,24-/m1/s1. The van der Waals surface area contributed by atoms with Gasteiger partial charge in [0.05, 0.1) is 12.6 Å².